The molecule has 0 aliphatic heterocycles. The molecule has 0 aliphatic rings. The van der Waals surface area contributed by atoms with Crippen LogP contribution in [0.4, 0.5) is 11.4 Å². The lowest BCUT2D eigenvalue weighted by Gasteiger charge is -2.11. The molecule has 3 aromatic carbocycles. The molecule has 0 saturated heterocycles. The topological polar surface area (TPSA) is 79.5 Å². The van der Waals surface area contributed by atoms with E-state index < -0.39 is 0 Å². The highest BCUT2D eigenvalue weighted by Crippen LogP contribution is 2.17. The molecular formula is C24H22ClN3O3S. The van der Waals surface area contributed by atoms with Gasteiger partial charge in [0.05, 0.1) is 6.61 Å². The smallest absolute Gasteiger partial charge is 0.257 e. The summed E-state index contributed by atoms with van der Waals surface area (Å²) in [7, 11) is 0. The molecule has 3 aromatic rings. The zero-order valence-corrected chi connectivity index (χ0v) is 18.9. The highest BCUT2D eigenvalue weighted by molar-refractivity contribution is 7.80. The Morgan fingerprint density at radius 1 is 0.875 bits per heavy atom. The van der Waals surface area contributed by atoms with Gasteiger partial charge >= 0.3 is 0 Å². The molecule has 0 unspecified atom stereocenters. The summed E-state index contributed by atoms with van der Waals surface area (Å²) in [5.41, 5.74) is 2.19. The van der Waals surface area contributed by atoms with Gasteiger partial charge in [-0.25, -0.2) is 0 Å². The van der Waals surface area contributed by atoms with Gasteiger partial charge < -0.3 is 15.4 Å². The number of anilines is 2. The van der Waals surface area contributed by atoms with E-state index >= 15 is 0 Å². The van der Waals surface area contributed by atoms with Crippen LogP contribution >= 0.6 is 23.8 Å². The lowest BCUT2D eigenvalue weighted by molar-refractivity contribution is 0.0976. The molecule has 0 atom stereocenters. The number of carbonyl (C=O) groups is 2. The van der Waals surface area contributed by atoms with E-state index in [1.807, 2.05) is 6.92 Å². The lowest BCUT2D eigenvalue weighted by atomic mass is 10.2. The predicted molar refractivity (Wildman–Crippen MR) is 132 cm³/mol. The van der Waals surface area contributed by atoms with Gasteiger partial charge in [-0.15, -0.1) is 0 Å². The van der Waals surface area contributed by atoms with Crippen molar-refractivity contribution in [2.45, 2.75) is 13.3 Å². The van der Waals surface area contributed by atoms with E-state index in [1.165, 1.54) is 0 Å². The molecule has 0 bridgehead atoms. The standard InChI is InChI=1S/C24H22ClN3O3S/c1-2-13-31-21-8-4-6-17(15-21)23(30)28-24(32)27-20-11-9-19(10-12-20)26-22(29)16-5-3-7-18(25)14-16/h3-12,14-15H,2,13H2,1H3,(H,26,29)(H2,27,28,30,32). The van der Waals surface area contributed by atoms with Crippen molar-refractivity contribution in [1.29, 1.82) is 0 Å². The minimum absolute atomic E-state index is 0.158. The van der Waals surface area contributed by atoms with Gasteiger partial charge in [-0.3, -0.25) is 14.9 Å². The van der Waals surface area contributed by atoms with Crippen LogP contribution in [0.2, 0.25) is 5.02 Å². The fraction of sp³-hybridized carbons (Fsp3) is 0.125. The Morgan fingerprint density at radius 2 is 1.50 bits per heavy atom. The van der Waals surface area contributed by atoms with Gasteiger partial charge in [-0.05, 0) is 79.3 Å². The van der Waals surface area contributed by atoms with Crippen molar-refractivity contribution >= 4 is 52.1 Å². The number of hydrogen-bond donors (Lipinski definition) is 3. The molecule has 2 amide bonds. The van der Waals surface area contributed by atoms with Crippen molar-refractivity contribution in [3.8, 4) is 5.75 Å². The fourth-order valence-corrected chi connectivity index (χ4v) is 3.16. The van der Waals surface area contributed by atoms with Crippen molar-refractivity contribution in [2.75, 3.05) is 17.2 Å². The number of nitrogens with one attached hydrogen (secondary N) is 3. The van der Waals surface area contributed by atoms with Crippen molar-refractivity contribution in [3.63, 3.8) is 0 Å². The van der Waals surface area contributed by atoms with E-state index in [-0.39, 0.29) is 16.9 Å². The highest BCUT2D eigenvalue weighted by atomic mass is 35.5. The zero-order chi connectivity index (χ0) is 22.9. The highest BCUT2D eigenvalue weighted by Gasteiger charge is 2.10. The lowest BCUT2D eigenvalue weighted by Crippen LogP contribution is -2.34. The van der Waals surface area contributed by atoms with Gasteiger partial charge in [-0.1, -0.05) is 30.7 Å². The number of benzene rings is 3. The maximum Gasteiger partial charge on any atom is 0.257 e. The van der Waals surface area contributed by atoms with Crippen LogP contribution in [0, 0.1) is 0 Å². The molecule has 32 heavy (non-hydrogen) atoms. The molecule has 0 aromatic heterocycles. The molecule has 0 aliphatic carbocycles. The molecule has 164 valence electrons. The third kappa shape index (κ3) is 6.80. The number of ether oxygens (including phenoxy) is 1. The van der Waals surface area contributed by atoms with Gasteiger partial charge in [0.2, 0.25) is 0 Å². The number of halogens is 1. The second-order valence-electron chi connectivity index (χ2n) is 6.83. The minimum Gasteiger partial charge on any atom is -0.494 e. The van der Waals surface area contributed by atoms with Gasteiger partial charge in [0.1, 0.15) is 5.75 Å². The Morgan fingerprint density at radius 3 is 2.16 bits per heavy atom. The third-order valence-corrected chi connectivity index (χ3v) is 4.72. The first-order chi connectivity index (χ1) is 15.4. The average molecular weight is 468 g/mol. The molecule has 6 nitrogen and oxygen atoms in total. The Hall–Kier alpha value is -3.42. The van der Waals surface area contributed by atoms with Crippen LogP contribution in [0.3, 0.4) is 0 Å². The van der Waals surface area contributed by atoms with E-state index in [4.69, 9.17) is 28.6 Å². The van der Waals surface area contributed by atoms with Crippen LogP contribution in [-0.2, 0) is 0 Å². The van der Waals surface area contributed by atoms with Crippen LogP contribution in [-0.4, -0.2) is 23.5 Å². The number of thiocarbonyl (C=S) groups is 1. The fourth-order valence-electron chi connectivity index (χ4n) is 2.75. The van der Waals surface area contributed by atoms with Crippen LogP contribution in [0.15, 0.2) is 72.8 Å². The normalized spacial score (nSPS) is 10.2. The maximum atomic E-state index is 12.5. The largest absolute Gasteiger partial charge is 0.494 e. The number of hydrogen-bond acceptors (Lipinski definition) is 4. The number of carbonyl (C=O) groups excluding carboxylic acids is 2. The molecule has 0 heterocycles. The van der Waals surface area contributed by atoms with Crippen molar-refractivity contribution in [1.82, 2.24) is 5.32 Å². The van der Waals surface area contributed by atoms with Gasteiger partial charge in [0.25, 0.3) is 11.8 Å². The van der Waals surface area contributed by atoms with Crippen molar-refractivity contribution in [3.05, 3.63) is 88.9 Å². The predicted octanol–water partition coefficient (Wildman–Crippen LogP) is 5.51. The monoisotopic (exact) mass is 467 g/mol. The van der Waals surface area contributed by atoms with Gasteiger partial charge in [0.15, 0.2) is 5.11 Å². The molecule has 0 fully saturated rings. The van der Waals surface area contributed by atoms with Crippen LogP contribution in [0.25, 0.3) is 0 Å². The van der Waals surface area contributed by atoms with Crippen molar-refractivity contribution < 1.29 is 14.3 Å². The van der Waals surface area contributed by atoms with Crippen LogP contribution in [0.5, 0.6) is 5.75 Å². The van der Waals surface area contributed by atoms with Gasteiger partial charge in [0, 0.05) is 27.5 Å². The molecule has 0 radical (unpaired) electrons. The molecule has 0 spiro atoms. The zero-order valence-electron chi connectivity index (χ0n) is 17.4. The second kappa shape index (κ2) is 11.3. The summed E-state index contributed by atoms with van der Waals surface area (Å²) in [4.78, 5) is 24.8. The van der Waals surface area contributed by atoms with E-state index in [1.54, 1.807) is 72.8 Å². The summed E-state index contributed by atoms with van der Waals surface area (Å²) in [6, 6.07) is 20.6. The van der Waals surface area contributed by atoms with Crippen molar-refractivity contribution in [2.24, 2.45) is 0 Å². The molecular weight excluding hydrogens is 446 g/mol. The Kier molecular flexibility index (Phi) is 8.19. The summed E-state index contributed by atoms with van der Waals surface area (Å²) in [5, 5.41) is 9.05. The number of rotatable bonds is 7. The first-order valence-corrected chi connectivity index (χ1v) is 10.8. The minimum atomic E-state index is -0.338. The van der Waals surface area contributed by atoms with Crippen LogP contribution in [0.1, 0.15) is 34.1 Å². The summed E-state index contributed by atoms with van der Waals surface area (Å²) < 4.78 is 5.55. The molecule has 3 rings (SSSR count). The van der Waals surface area contributed by atoms with Crippen LogP contribution < -0.4 is 20.7 Å². The first kappa shape index (κ1) is 23.2. The Balaban J connectivity index is 1.54. The second-order valence-corrected chi connectivity index (χ2v) is 7.67. The molecule has 0 saturated carbocycles. The van der Waals surface area contributed by atoms with Gasteiger partial charge in [-0.2, -0.15) is 0 Å². The SMILES string of the molecule is CCCOc1cccc(C(=O)NC(=S)Nc2ccc(NC(=O)c3cccc(Cl)c3)cc2)c1. The first-order valence-electron chi connectivity index (χ1n) is 9.97. The third-order valence-electron chi connectivity index (χ3n) is 4.28. The Bertz CT molecular complexity index is 1120. The van der Waals surface area contributed by atoms with E-state index in [9.17, 15) is 9.59 Å². The number of amides is 2. The maximum absolute atomic E-state index is 12.5. The van der Waals surface area contributed by atoms with E-state index in [2.05, 4.69) is 16.0 Å². The average Bonchev–Trinajstić information content (AvgIpc) is 2.79. The van der Waals surface area contributed by atoms with E-state index in [0.29, 0.717) is 39.9 Å². The quantitative estimate of drug-likeness (QED) is 0.399. The summed E-state index contributed by atoms with van der Waals surface area (Å²) in [5.74, 6) is 0.0322. The summed E-state index contributed by atoms with van der Waals surface area (Å²) in [6.45, 7) is 2.60. The Labute approximate surface area is 196 Å². The summed E-state index contributed by atoms with van der Waals surface area (Å²) >= 11 is 11.2. The van der Waals surface area contributed by atoms with E-state index in [0.717, 1.165) is 6.42 Å². The summed E-state index contributed by atoms with van der Waals surface area (Å²) in [6.07, 6.45) is 0.882. The molecule has 8 heteroatoms. The molecule has 3 N–H and O–H groups in total.